The van der Waals surface area contributed by atoms with E-state index in [0.29, 0.717) is 0 Å². The Balaban J connectivity index is 2.96. The van der Waals surface area contributed by atoms with Crippen LogP contribution in [0.4, 0.5) is 0 Å². The van der Waals surface area contributed by atoms with Crippen LogP contribution in [-0.4, -0.2) is 0 Å². The predicted octanol–water partition coefficient (Wildman–Crippen LogP) is 2.97. The number of hydrogen-bond donors (Lipinski definition) is 0. The van der Waals surface area contributed by atoms with Crippen LogP contribution < -0.4 is 0 Å². The normalized spacial score (nSPS) is 8.22. The van der Waals surface area contributed by atoms with E-state index < -0.39 is 0 Å². The molecule has 1 heteroatoms. The van der Waals surface area contributed by atoms with Crippen LogP contribution in [0.1, 0.15) is 32.6 Å². The Bertz CT molecular complexity index is 96.9. The van der Waals surface area contributed by atoms with Crippen molar-refractivity contribution in [1.82, 2.24) is 0 Å². The topological polar surface area (TPSA) is 0 Å². The molecule has 0 aliphatic carbocycles. The minimum Gasteiger partial charge on any atom is -0.121 e. The largest absolute Gasteiger partial charge is 0.121 e. The van der Waals surface area contributed by atoms with E-state index in [4.69, 9.17) is 11.6 Å². The van der Waals surface area contributed by atoms with Crippen LogP contribution >= 0.6 is 11.6 Å². The molecule has 51 valence electrons. The summed E-state index contributed by atoms with van der Waals surface area (Å²) in [6.45, 7) is 2.13. The highest BCUT2D eigenvalue weighted by Crippen LogP contribution is 1.95. The van der Waals surface area contributed by atoms with E-state index >= 15 is 0 Å². The van der Waals surface area contributed by atoms with E-state index in [0.717, 1.165) is 25.7 Å². The van der Waals surface area contributed by atoms with Gasteiger partial charge in [-0.05, 0) is 12.8 Å². The summed E-state index contributed by atoms with van der Waals surface area (Å²) in [5.74, 6) is 7.69. The van der Waals surface area contributed by atoms with Crippen molar-refractivity contribution < 1.29 is 0 Å². The van der Waals surface area contributed by atoms with Gasteiger partial charge in [0.15, 0.2) is 0 Å². The summed E-state index contributed by atoms with van der Waals surface area (Å²) in [6, 6.07) is 0. The van der Waals surface area contributed by atoms with Gasteiger partial charge in [-0.25, -0.2) is 0 Å². The Morgan fingerprint density at radius 2 is 2.00 bits per heavy atom. The first-order valence-corrected chi connectivity index (χ1v) is 3.73. The Kier molecular flexibility index (Phi) is 7.72. The number of hydrogen-bond acceptors (Lipinski definition) is 0. The average molecular weight is 144 g/mol. The van der Waals surface area contributed by atoms with Crippen molar-refractivity contribution >= 4 is 11.6 Å². The maximum absolute atomic E-state index is 5.32. The van der Waals surface area contributed by atoms with E-state index in [9.17, 15) is 0 Å². The zero-order chi connectivity index (χ0) is 6.95. The van der Waals surface area contributed by atoms with Gasteiger partial charge in [0.25, 0.3) is 0 Å². The van der Waals surface area contributed by atoms with Crippen molar-refractivity contribution in [3.63, 3.8) is 0 Å². The van der Waals surface area contributed by atoms with Gasteiger partial charge < -0.3 is 0 Å². The third kappa shape index (κ3) is 7.85. The zero-order valence-corrected chi connectivity index (χ0v) is 6.54. The Morgan fingerprint density at radius 1 is 1.33 bits per heavy atom. The molecule has 0 spiro atoms. The van der Waals surface area contributed by atoms with Gasteiger partial charge in [0.2, 0.25) is 0 Å². The molecule has 0 heterocycles. The smallest absolute Gasteiger partial charge is 0.0509 e. The van der Waals surface area contributed by atoms with Crippen LogP contribution in [0.5, 0.6) is 0 Å². The second-order valence-electron chi connectivity index (χ2n) is 1.80. The predicted molar refractivity (Wildman–Crippen MR) is 42.1 cm³/mol. The Labute approximate surface area is 62.6 Å². The van der Waals surface area contributed by atoms with Crippen LogP contribution in [0, 0.1) is 17.7 Å². The van der Waals surface area contributed by atoms with E-state index in [1.807, 2.05) is 0 Å². The summed E-state index contributed by atoms with van der Waals surface area (Å²) >= 11 is 5.32. The second kappa shape index (κ2) is 7.85. The maximum atomic E-state index is 5.32. The average Bonchev–Trinajstić information content (AvgIpc) is 1.89. The molecule has 0 N–H and O–H groups in total. The van der Waals surface area contributed by atoms with Gasteiger partial charge in [0.1, 0.15) is 0 Å². The lowest BCUT2D eigenvalue weighted by atomic mass is 10.3. The molecule has 0 aliphatic rings. The van der Waals surface area contributed by atoms with E-state index in [1.165, 1.54) is 0 Å². The molecule has 0 rings (SSSR count). The van der Waals surface area contributed by atoms with Crippen LogP contribution in [-0.2, 0) is 0 Å². The molecule has 0 aromatic heterocycles. The first-order valence-electron chi connectivity index (χ1n) is 3.29. The van der Waals surface area contributed by atoms with Gasteiger partial charge in [-0.1, -0.05) is 6.92 Å². The van der Waals surface area contributed by atoms with Crippen molar-refractivity contribution in [2.24, 2.45) is 0 Å². The summed E-state index contributed by atoms with van der Waals surface area (Å²) in [5.41, 5.74) is 0. The van der Waals surface area contributed by atoms with Crippen molar-refractivity contribution in [2.45, 2.75) is 32.6 Å². The molecule has 0 saturated heterocycles. The minimum absolute atomic E-state index is 0.901. The van der Waals surface area contributed by atoms with Gasteiger partial charge in [0.05, 0.1) is 5.88 Å². The monoisotopic (exact) mass is 143 g/mol. The number of halogens is 1. The van der Waals surface area contributed by atoms with Gasteiger partial charge in [0, 0.05) is 12.8 Å². The standard InChI is InChI=1S/C8H12Cl/c1-2-3-4-5-6-7-8-9/h8H,2-3,6-7H2,1H3. The molecule has 0 saturated carbocycles. The summed E-state index contributed by atoms with van der Waals surface area (Å²) in [4.78, 5) is 0. The first kappa shape index (κ1) is 8.85. The second-order valence-corrected chi connectivity index (χ2v) is 2.11. The quantitative estimate of drug-likeness (QED) is 0.421. The highest BCUT2D eigenvalue weighted by molar-refractivity contribution is 6.23. The zero-order valence-electron chi connectivity index (χ0n) is 5.78. The third-order valence-corrected chi connectivity index (χ3v) is 1.10. The van der Waals surface area contributed by atoms with Crippen LogP contribution in [0.2, 0.25) is 0 Å². The molecule has 0 unspecified atom stereocenters. The maximum Gasteiger partial charge on any atom is 0.0509 e. The minimum atomic E-state index is 0.901. The van der Waals surface area contributed by atoms with Crippen molar-refractivity contribution in [2.75, 3.05) is 0 Å². The molecule has 0 aromatic rings. The van der Waals surface area contributed by atoms with E-state index in [1.54, 1.807) is 5.88 Å². The number of rotatable bonds is 3. The third-order valence-electron chi connectivity index (χ3n) is 0.878. The van der Waals surface area contributed by atoms with Crippen molar-refractivity contribution in [1.29, 1.82) is 0 Å². The van der Waals surface area contributed by atoms with Crippen molar-refractivity contribution in [3.05, 3.63) is 5.88 Å². The van der Waals surface area contributed by atoms with Crippen LogP contribution in [0.3, 0.4) is 0 Å². The summed E-state index contributed by atoms with van der Waals surface area (Å²) in [7, 11) is 0. The highest BCUT2D eigenvalue weighted by atomic mass is 35.5. The molecule has 0 nitrogen and oxygen atoms in total. The molecule has 1 radical (unpaired) electrons. The fourth-order valence-electron chi connectivity index (χ4n) is 0.428. The van der Waals surface area contributed by atoms with E-state index in [2.05, 4.69) is 18.8 Å². The highest BCUT2D eigenvalue weighted by Gasteiger charge is 1.77. The molecule has 0 bridgehead atoms. The Hall–Kier alpha value is -0.150. The van der Waals surface area contributed by atoms with Gasteiger partial charge in [-0.3, -0.25) is 0 Å². The molecule has 0 atom stereocenters. The molecule has 9 heavy (non-hydrogen) atoms. The lowest BCUT2D eigenvalue weighted by molar-refractivity contribution is 0.976. The van der Waals surface area contributed by atoms with Crippen LogP contribution in [0.15, 0.2) is 0 Å². The molecular weight excluding hydrogens is 132 g/mol. The lowest BCUT2D eigenvalue weighted by Crippen LogP contribution is -1.66. The van der Waals surface area contributed by atoms with Crippen LogP contribution in [0.25, 0.3) is 0 Å². The molecular formula is C8H12Cl. The molecule has 0 fully saturated rings. The van der Waals surface area contributed by atoms with Gasteiger partial charge in [-0.15, -0.1) is 23.4 Å². The van der Waals surface area contributed by atoms with Crippen molar-refractivity contribution in [3.8, 4) is 11.8 Å². The number of unbranched alkanes of at least 4 members (excludes halogenated alkanes) is 2. The summed E-state index contributed by atoms with van der Waals surface area (Å²) < 4.78 is 0. The molecule has 0 amide bonds. The molecule has 0 aromatic carbocycles. The fraction of sp³-hybridized carbons (Fsp3) is 0.625. The lowest BCUT2D eigenvalue weighted by Gasteiger charge is -1.81. The molecule has 0 aliphatic heterocycles. The Morgan fingerprint density at radius 3 is 2.56 bits per heavy atom. The van der Waals surface area contributed by atoms with Gasteiger partial charge in [-0.2, -0.15) is 0 Å². The fourth-order valence-corrected chi connectivity index (χ4v) is 0.538. The first-order chi connectivity index (χ1) is 4.41. The van der Waals surface area contributed by atoms with Gasteiger partial charge >= 0.3 is 0 Å². The van der Waals surface area contributed by atoms with E-state index in [-0.39, 0.29) is 0 Å². The summed E-state index contributed by atoms with van der Waals surface area (Å²) in [5, 5.41) is 0. The SMILES string of the molecule is CCCC#CCC[CH]Cl. The summed E-state index contributed by atoms with van der Waals surface area (Å²) in [6.07, 6.45) is 3.97.